The zero-order valence-electron chi connectivity index (χ0n) is 12.0. The van der Waals surface area contributed by atoms with Crippen LogP contribution in [0.2, 0.25) is 0 Å². The number of nitrogens with zero attached hydrogens (tertiary/aromatic N) is 2. The molecule has 1 N–H and O–H groups in total. The molecule has 1 aliphatic rings. The second kappa shape index (κ2) is 6.10. The van der Waals surface area contributed by atoms with E-state index >= 15 is 0 Å². The van der Waals surface area contributed by atoms with Gasteiger partial charge < -0.3 is 14.6 Å². The number of rotatable bonds is 5. The van der Waals surface area contributed by atoms with Gasteiger partial charge in [-0.15, -0.1) is 10.2 Å². The number of hydrogen-bond acceptors (Lipinski definition) is 5. The molecule has 110 valence electrons. The molecule has 0 fully saturated rings. The number of ether oxygens (including phenoxy) is 2. The van der Waals surface area contributed by atoms with Crippen molar-refractivity contribution in [2.24, 2.45) is 5.92 Å². The van der Waals surface area contributed by atoms with Gasteiger partial charge in [0.2, 0.25) is 5.88 Å². The number of aliphatic hydroxyl groups is 1. The van der Waals surface area contributed by atoms with Crippen molar-refractivity contribution in [3.05, 3.63) is 47.2 Å². The monoisotopic (exact) mass is 286 g/mol. The van der Waals surface area contributed by atoms with Gasteiger partial charge in [-0.1, -0.05) is 6.07 Å². The molecule has 0 spiro atoms. The molecule has 2 aromatic rings. The predicted molar refractivity (Wildman–Crippen MR) is 77.3 cm³/mol. The maximum absolute atomic E-state index is 9.25. The summed E-state index contributed by atoms with van der Waals surface area (Å²) in [6, 6.07) is 9.71. The third kappa shape index (κ3) is 3.13. The highest BCUT2D eigenvalue weighted by molar-refractivity contribution is 5.39. The number of benzene rings is 1. The molecule has 1 aliphatic carbocycles. The molecule has 0 saturated heterocycles. The van der Waals surface area contributed by atoms with Crippen molar-refractivity contribution in [3.63, 3.8) is 0 Å². The molecule has 1 aromatic heterocycles. The Hall–Kier alpha value is -2.14. The Labute approximate surface area is 123 Å². The summed E-state index contributed by atoms with van der Waals surface area (Å²) in [6.45, 7) is 0.617. The number of methoxy groups -OCH3 is 1. The van der Waals surface area contributed by atoms with Crippen LogP contribution in [0.4, 0.5) is 0 Å². The standard InChI is InChI=1S/C16H18N2O3/c1-20-16-5-3-14(17-18-16)10-21-15-4-2-12-6-11(9-19)7-13(12)8-15/h2-5,8,11,19H,6-7,9-10H2,1H3. The molecule has 5 heteroatoms. The fourth-order valence-corrected chi connectivity index (χ4v) is 2.60. The van der Waals surface area contributed by atoms with Gasteiger partial charge in [0.15, 0.2) is 0 Å². The maximum Gasteiger partial charge on any atom is 0.233 e. The average molecular weight is 286 g/mol. The summed E-state index contributed by atoms with van der Waals surface area (Å²) in [5.74, 6) is 1.67. The van der Waals surface area contributed by atoms with E-state index in [9.17, 15) is 5.11 Å². The largest absolute Gasteiger partial charge is 0.487 e. The first-order valence-electron chi connectivity index (χ1n) is 7.00. The molecule has 1 unspecified atom stereocenters. The molecule has 1 atom stereocenters. The highest BCUT2D eigenvalue weighted by Crippen LogP contribution is 2.29. The SMILES string of the molecule is COc1ccc(COc2ccc3c(c2)CC(CO)C3)nn1. The van der Waals surface area contributed by atoms with E-state index in [1.807, 2.05) is 12.1 Å². The number of aliphatic hydroxyl groups excluding tert-OH is 1. The zero-order valence-corrected chi connectivity index (χ0v) is 12.0. The smallest absolute Gasteiger partial charge is 0.233 e. The van der Waals surface area contributed by atoms with E-state index in [-0.39, 0.29) is 6.61 Å². The number of aromatic nitrogens is 2. The van der Waals surface area contributed by atoms with Gasteiger partial charge in [0.05, 0.1) is 7.11 Å². The van der Waals surface area contributed by atoms with Gasteiger partial charge in [0.1, 0.15) is 18.1 Å². The minimum absolute atomic E-state index is 0.242. The van der Waals surface area contributed by atoms with Gasteiger partial charge in [-0.3, -0.25) is 0 Å². The lowest BCUT2D eigenvalue weighted by atomic mass is 10.1. The first-order chi connectivity index (χ1) is 10.3. The Morgan fingerprint density at radius 1 is 1.14 bits per heavy atom. The third-order valence-electron chi connectivity index (χ3n) is 3.74. The van der Waals surface area contributed by atoms with Gasteiger partial charge in [0.25, 0.3) is 0 Å². The Morgan fingerprint density at radius 2 is 2.00 bits per heavy atom. The van der Waals surface area contributed by atoms with Crippen LogP contribution >= 0.6 is 0 Å². The summed E-state index contributed by atoms with van der Waals surface area (Å²) >= 11 is 0. The van der Waals surface area contributed by atoms with Crippen molar-refractivity contribution in [2.45, 2.75) is 19.4 Å². The van der Waals surface area contributed by atoms with Gasteiger partial charge >= 0.3 is 0 Å². The first-order valence-corrected chi connectivity index (χ1v) is 7.00. The van der Waals surface area contributed by atoms with E-state index in [0.717, 1.165) is 24.3 Å². The van der Waals surface area contributed by atoms with Crippen LogP contribution in [0.15, 0.2) is 30.3 Å². The van der Waals surface area contributed by atoms with Crippen LogP contribution in [0.5, 0.6) is 11.6 Å². The lowest BCUT2D eigenvalue weighted by molar-refractivity contribution is 0.232. The van der Waals surface area contributed by atoms with Gasteiger partial charge in [-0.05, 0) is 48.1 Å². The van der Waals surface area contributed by atoms with Crippen LogP contribution in [0.3, 0.4) is 0 Å². The fraction of sp³-hybridized carbons (Fsp3) is 0.375. The normalized spacial score (nSPS) is 16.6. The molecule has 0 saturated carbocycles. The summed E-state index contributed by atoms with van der Waals surface area (Å²) < 4.78 is 10.7. The number of hydrogen-bond donors (Lipinski definition) is 1. The number of fused-ring (bicyclic) bond motifs is 1. The maximum atomic E-state index is 9.25. The second-order valence-corrected chi connectivity index (χ2v) is 5.24. The van der Waals surface area contributed by atoms with E-state index in [0.29, 0.717) is 18.4 Å². The Morgan fingerprint density at radius 3 is 2.71 bits per heavy atom. The van der Waals surface area contributed by atoms with E-state index in [2.05, 4.69) is 22.3 Å². The lowest BCUT2D eigenvalue weighted by Gasteiger charge is -2.07. The zero-order chi connectivity index (χ0) is 14.7. The molecule has 0 radical (unpaired) electrons. The van der Waals surface area contributed by atoms with Crippen molar-refractivity contribution in [3.8, 4) is 11.6 Å². The molecule has 1 aromatic carbocycles. The van der Waals surface area contributed by atoms with Crippen LogP contribution in [-0.2, 0) is 19.4 Å². The molecule has 21 heavy (non-hydrogen) atoms. The summed E-state index contributed by atoms with van der Waals surface area (Å²) in [5, 5.41) is 17.2. The summed E-state index contributed by atoms with van der Waals surface area (Å²) in [6.07, 6.45) is 1.88. The van der Waals surface area contributed by atoms with Gasteiger partial charge in [-0.2, -0.15) is 0 Å². The van der Waals surface area contributed by atoms with Crippen LogP contribution in [-0.4, -0.2) is 29.0 Å². The van der Waals surface area contributed by atoms with Crippen molar-refractivity contribution in [1.29, 1.82) is 0 Å². The Balaban J connectivity index is 1.63. The third-order valence-corrected chi connectivity index (χ3v) is 3.74. The molecule has 3 rings (SSSR count). The van der Waals surface area contributed by atoms with Crippen molar-refractivity contribution >= 4 is 0 Å². The van der Waals surface area contributed by atoms with E-state index < -0.39 is 0 Å². The predicted octanol–water partition coefficient (Wildman–Crippen LogP) is 1.77. The average Bonchev–Trinajstić information content (AvgIpc) is 2.95. The summed E-state index contributed by atoms with van der Waals surface area (Å²) in [7, 11) is 1.56. The van der Waals surface area contributed by atoms with E-state index in [4.69, 9.17) is 9.47 Å². The molecule has 0 amide bonds. The summed E-state index contributed by atoms with van der Waals surface area (Å²) in [4.78, 5) is 0. The van der Waals surface area contributed by atoms with Crippen LogP contribution in [0.1, 0.15) is 16.8 Å². The van der Waals surface area contributed by atoms with E-state index in [1.165, 1.54) is 11.1 Å². The van der Waals surface area contributed by atoms with Crippen molar-refractivity contribution in [1.82, 2.24) is 10.2 Å². The van der Waals surface area contributed by atoms with Gasteiger partial charge in [-0.25, -0.2) is 0 Å². The fourth-order valence-electron chi connectivity index (χ4n) is 2.60. The highest BCUT2D eigenvalue weighted by Gasteiger charge is 2.20. The minimum Gasteiger partial charge on any atom is -0.487 e. The van der Waals surface area contributed by atoms with Crippen LogP contribution < -0.4 is 9.47 Å². The Bertz CT molecular complexity index is 613. The highest BCUT2D eigenvalue weighted by atomic mass is 16.5. The molecule has 0 bridgehead atoms. The molecule has 0 aliphatic heterocycles. The molecular formula is C16H18N2O3. The minimum atomic E-state index is 0.242. The molecular weight excluding hydrogens is 268 g/mol. The topological polar surface area (TPSA) is 64.5 Å². The van der Waals surface area contributed by atoms with Gasteiger partial charge in [0, 0.05) is 12.7 Å². The van der Waals surface area contributed by atoms with Crippen molar-refractivity contribution in [2.75, 3.05) is 13.7 Å². The first kappa shape index (κ1) is 13.8. The van der Waals surface area contributed by atoms with E-state index in [1.54, 1.807) is 13.2 Å². The second-order valence-electron chi connectivity index (χ2n) is 5.24. The van der Waals surface area contributed by atoms with Crippen LogP contribution in [0, 0.1) is 5.92 Å². The quantitative estimate of drug-likeness (QED) is 0.907. The van der Waals surface area contributed by atoms with Crippen LogP contribution in [0.25, 0.3) is 0 Å². The molecule has 5 nitrogen and oxygen atoms in total. The van der Waals surface area contributed by atoms with Crippen molar-refractivity contribution < 1.29 is 14.6 Å². The summed E-state index contributed by atoms with van der Waals surface area (Å²) in [5.41, 5.74) is 3.34. The molecule has 1 heterocycles. The lowest BCUT2D eigenvalue weighted by Crippen LogP contribution is -2.04. The Kier molecular flexibility index (Phi) is 4.01.